The summed E-state index contributed by atoms with van der Waals surface area (Å²) in [6, 6.07) is 5.89. The molecule has 2 N–H and O–H groups in total. The fourth-order valence-electron chi connectivity index (χ4n) is 1.92. The van der Waals surface area contributed by atoms with Crippen molar-refractivity contribution in [3.05, 3.63) is 30.0 Å². The normalized spacial score (nSPS) is 16.4. The number of fused-ring (bicyclic) bond motifs is 1. The van der Waals surface area contributed by atoms with E-state index in [1.807, 2.05) is 18.2 Å². The summed E-state index contributed by atoms with van der Waals surface area (Å²) in [6.45, 7) is 1.42. The maximum atomic E-state index is 5.60. The predicted molar refractivity (Wildman–Crippen MR) is 60.8 cm³/mol. The SMILES string of the molecule is Nc1nc2cccc(C3=CCOCC3)n2n1. The zero-order chi connectivity index (χ0) is 11.0. The molecule has 1 aliphatic heterocycles. The minimum absolute atomic E-state index is 0.306. The lowest BCUT2D eigenvalue weighted by molar-refractivity contribution is 0.161. The Bertz CT molecular complexity index is 558. The van der Waals surface area contributed by atoms with Crippen LogP contribution in [0.2, 0.25) is 0 Å². The average Bonchev–Trinajstić information content (AvgIpc) is 2.70. The monoisotopic (exact) mass is 216 g/mol. The summed E-state index contributed by atoms with van der Waals surface area (Å²) in [5.74, 6) is 0.306. The number of aromatic nitrogens is 3. The highest BCUT2D eigenvalue weighted by Crippen LogP contribution is 2.21. The topological polar surface area (TPSA) is 65.4 Å². The summed E-state index contributed by atoms with van der Waals surface area (Å²) in [5, 5.41) is 4.19. The van der Waals surface area contributed by atoms with Crippen molar-refractivity contribution in [1.29, 1.82) is 0 Å². The Balaban J connectivity index is 2.18. The average molecular weight is 216 g/mol. The van der Waals surface area contributed by atoms with Gasteiger partial charge in [0.15, 0.2) is 5.65 Å². The van der Waals surface area contributed by atoms with Crippen molar-refractivity contribution in [2.45, 2.75) is 6.42 Å². The van der Waals surface area contributed by atoms with Gasteiger partial charge in [0.2, 0.25) is 5.95 Å². The van der Waals surface area contributed by atoms with Crippen LogP contribution in [-0.2, 0) is 4.74 Å². The van der Waals surface area contributed by atoms with Crippen LogP contribution in [-0.4, -0.2) is 27.8 Å². The third-order valence-corrected chi connectivity index (χ3v) is 2.67. The first-order valence-electron chi connectivity index (χ1n) is 5.23. The summed E-state index contributed by atoms with van der Waals surface area (Å²) < 4.78 is 7.08. The molecule has 3 heterocycles. The first-order valence-corrected chi connectivity index (χ1v) is 5.23. The Labute approximate surface area is 92.5 Å². The van der Waals surface area contributed by atoms with Gasteiger partial charge in [-0.05, 0) is 24.1 Å². The molecule has 0 spiro atoms. The van der Waals surface area contributed by atoms with E-state index in [1.165, 1.54) is 5.57 Å². The van der Waals surface area contributed by atoms with Crippen LogP contribution in [0.3, 0.4) is 0 Å². The number of hydrogen-bond acceptors (Lipinski definition) is 4. The molecule has 2 aromatic heterocycles. The molecule has 5 nitrogen and oxygen atoms in total. The zero-order valence-corrected chi connectivity index (χ0v) is 8.76. The van der Waals surface area contributed by atoms with Crippen molar-refractivity contribution in [1.82, 2.24) is 14.6 Å². The molecular weight excluding hydrogens is 204 g/mol. The lowest BCUT2D eigenvalue weighted by atomic mass is 10.1. The Hall–Kier alpha value is -1.88. The number of nitrogens with zero attached hydrogens (tertiary/aromatic N) is 3. The summed E-state index contributed by atoms with van der Waals surface area (Å²) in [5.41, 5.74) is 8.67. The smallest absolute Gasteiger partial charge is 0.240 e. The van der Waals surface area contributed by atoms with E-state index in [-0.39, 0.29) is 0 Å². The molecule has 0 bridgehead atoms. The van der Waals surface area contributed by atoms with Gasteiger partial charge in [-0.15, -0.1) is 5.10 Å². The third kappa shape index (κ3) is 1.45. The third-order valence-electron chi connectivity index (χ3n) is 2.67. The highest BCUT2D eigenvalue weighted by atomic mass is 16.5. The predicted octanol–water partition coefficient (Wildman–Crippen LogP) is 1.12. The summed E-state index contributed by atoms with van der Waals surface area (Å²) in [6.07, 6.45) is 2.98. The van der Waals surface area contributed by atoms with Crippen LogP contribution < -0.4 is 5.73 Å². The van der Waals surface area contributed by atoms with E-state index >= 15 is 0 Å². The van der Waals surface area contributed by atoms with E-state index < -0.39 is 0 Å². The fraction of sp³-hybridized carbons (Fsp3) is 0.273. The summed E-state index contributed by atoms with van der Waals surface area (Å²) in [7, 11) is 0. The minimum Gasteiger partial charge on any atom is -0.377 e. The van der Waals surface area contributed by atoms with Crippen LogP contribution in [0.15, 0.2) is 24.3 Å². The molecule has 3 rings (SSSR count). The van der Waals surface area contributed by atoms with Gasteiger partial charge in [-0.1, -0.05) is 12.1 Å². The molecule has 0 fully saturated rings. The second kappa shape index (κ2) is 3.61. The van der Waals surface area contributed by atoms with Crippen molar-refractivity contribution in [3.63, 3.8) is 0 Å². The lowest BCUT2D eigenvalue weighted by Crippen LogP contribution is -2.07. The van der Waals surface area contributed by atoms with Crippen molar-refractivity contribution in [2.24, 2.45) is 0 Å². The van der Waals surface area contributed by atoms with Crippen LogP contribution in [0.25, 0.3) is 11.2 Å². The maximum absolute atomic E-state index is 5.60. The van der Waals surface area contributed by atoms with Gasteiger partial charge in [0.05, 0.1) is 18.9 Å². The highest BCUT2D eigenvalue weighted by Gasteiger charge is 2.11. The second-order valence-electron chi connectivity index (χ2n) is 3.71. The zero-order valence-electron chi connectivity index (χ0n) is 8.76. The minimum atomic E-state index is 0.306. The van der Waals surface area contributed by atoms with Crippen LogP contribution in [0.5, 0.6) is 0 Å². The molecule has 1 aliphatic rings. The van der Waals surface area contributed by atoms with E-state index in [1.54, 1.807) is 4.52 Å². The maximum Gasteiger partial charge on any atom is 0.240 e. The van der Waals surface area contributed by atoms with Gasteiger partial charge < -0.3 is 10.5 Å². The molecule has 0 saturated carbocycles. The van der Waals surface area contributed by atoms with Crippen LogP contribution >= 0.6 is 0 Å². The number of hydrogen-bond donors (Lipinski definition) is 1. The van der Waals surface area contributed by atoms with E-state index in [4.69, 9.17) is 10.5 Å². The second-order valence-corrected chi connectivity index (χ2v) is 3.71. The first kappa shape index (κ1) is 9.35. The number of pyridine rings is 1. The quantitative estimate of drug-likeness (QED) is 0.775. The van der Waals surface area contributed by atoms with E-state index in [0.29, 0.717) is 12.6 Å². The standard InChI is InChI=1S/C11H12N4O/c12-11-13-10-3-1-2-9(15(10)14-11)8-4-6-16-7-5-8/h1-4H,5-7H2,(H2,12,14). The summed E-state index contributed by atoms with van der Waals surface area (Å²) >= 11 is 0. The van der Waals surface area contributed by atoms with E-state index in [0.717, 1.165) is 24.4 Å². The molecule has 82 valence electrons. The largest absolute Gasteiger partial charge is 0.377 e. The molecule has 16 heavy (non-hydrogen) atoms. The van der Waals surface area contributed by atoms with Gasteiger partial charge in [-0.25, -0.2) is 4.52 Å². The number of nitrogen functional groups attached to an aromatic ring is 1. The fourth-order valence-corrected chi connectivity index (χ4v) is 1.92. The molecule has 0 unspecified atom stereocenters. The Morgan fingerprint density at radius 1 is 1.38 bits per heavy atom. The molecule has 0 amide bonds. The lowest BCUT2D eigenvalue weighted by Gasteiger charge is -2.14. The number of ether oxygens (including phenoxy) is 1. The molecule has 2 aromatic rings. The molecule has 0 saturated heterocycles. The van der Waals surface area contributed by atoms with Crippen molar-refractivity contribution in [3.8, 4) is 0 Å². The summed E-state index contributed by atoms with van der Waals surface area (Å²) in [4.78, 5) is 4.14. The van der Waals surface area contributed by atoms with Gasteiger partial charge >= 0.3 is 0 Å². The molecule has 0 aliphatic carbocycles. The van der Waals surface area contributed by atoms with E-state index in [9.17, 15) is 0 Å². The Morgan fingerprint density at radius 3 is 3.12 bits per heavy atom. The van der Waals surface area contributed by atoms with Gasteiger partial charge in [-0.3, -0.25) is 0 Å². The van der Waals surface area contributed by atoms with Gasteiger partial charge in [0.25, 0.3) is 0 Å². The number of rotatable bonds is 1. The van der Waals surface area contributed by atoms with Crippen LogP contribution in [0, 0.1) is 0 Å². The highest BCUT2D eigenvalue weighted by molar-refractivity contribution is 5.66. The van der Waals surface area contributed by atoms with Crippen LogP contribution in [0.1, 0.15) is 12.1 Å². The van der Waals surface area contributed by atoms with Crippen molar-refractivity contribution >= 4 is 17.2 Å². The van der Waals surface area contributed by atoms with Gasteiger partial charge in [0.1, 0.15) is 0 Å². The molecule has 0 radical (unpaired) electrons. The molecule has 0 aromatic carbocycles. The Morgan fingerprint density at radius 2 is 2.31 bits per heavy atom. The molecular formula is C11H12N4O. The first-order chi connectivity index (χ1) is 7.84. The van der Waals surface area contributed by atoms with E-state index in [2.05, 4.69) is 16.2 Å². The van der Waals surface area contributed by atoms with Gasteiger partial charge in [0, 0.05) is 0 Å². The molecule has 5 heteroatoms. The van der Waals surface area contributed by atoms with Crippen LogP contribution in [0.4, 0.5) is 5.95 Å². The van der Waals surface area contributed by atoms with Crippen molar-refractivity contribution in [2.75, 3.05) is 18.9 Å². The number of anilines is 1. The molecule has 0 atom stereocenters. The van der Waals surface area contributed by atoms with Crippen molar-refractivity contribution < 1.29 is 4.74 Å². The van der Waals surface area contributed by atoms with Gasteiger partial charge in [-0.2, -0.15) is 4.98 Å². The number of nitrogens with two attached hydrogens (primary N) is 1. The Kier molecular flexibility index (Phi) is 2.11.